The lowest BCUT2D eigenvalue weighted by atomic mass is 9.62. The van der Waals surface area contributed by atoms with Gasteiger partial charge in [0.1, 0.15) is 0 Å². The van der Waals surface area contributed by atoms with E-state index in [1.807, 2.05) is 27.7 Å². The molecule has 0 aromatic heterocycles. The molecule has 0 bridgehead atoms. The van der Waals surface area contributed by atoms with Crippen LogP contribution in [-0.4, -0.2) is 13.2 Å². The molecule has 1 spiro atoms. The minimum Gasteiger partial charge on any atom is -0.381 e. The van der Waals surface area contributed by atoms with E-state index in [-0.39, 0.29) is 0 Å². The second-order valence-electron chi connectivity index (χ2n) is 3.82. The van der Waals surface area contributed by atoms with Crippen molar-refractivity contribution in [1.29, 1.82) is 0 Å². The third kappa shape index (κ3) is 3.30. The summed E-state index contributed by atoms with van der Waals surface area (Å²) in [5.74, 6) is 0.978. The predicted octanol–water partition coefficient (Wildman–Crippen LogP) is 3.88. The Kier molecular flexibility index (Phi) is 6.40. The van der Waals surface area contributed by atoms with Crippen LogP contribution in [0.5, 0.6) is 0 Å². The molecule has 0 aromatic carbocycles. The van der Waals surface area contributed by atoms with Crippen LogP contribution in [0.25, 0.3) is 0 Å². The van der Waals surface area contributed by atoms with Crippen molar-refractivity contribution < 1.29 is 4.74 Å². The summed E-state index contributed by atoms with van der Waals surface area (Å²) in [7, 11) is 0. The Morgan fingerprint density at radius 1 is 1.08 bits per heavy atom. The molecule has 2 rings (SSSR count). The fourth-order valence-corrected chi connectivity index (χ4v) is 2.39. The molecule has 13 heavy (non-hydrogen) atoms. The van der Waals surface area contributed by atoms with Crippen LogP contribution < -0.4 is 0 Å². The van der Waals surface area contributed by atoms with E-state index in [1.54, 1.807) is 0 Å². The summed E-state index contributed by atoms with van der Waals surface area (Å²) in [5, 5.41) is 0. The summed E-state index contributed by atoms with van der Waals surface area (Å²) >= 11 is 0. The average molecular weight is 186 g/mol. The molecule has 1 saturated carbocycles. The van der Waals surface area contributed by atoms with E-state index in [9.17, 15) is 0 Å². The van der Waals surface area contributed by atoms with Crippen LogP contribution in [0.1, 0.15) is 53.9 Å². The van der Waals surface area contributed by atoms with Crippen LogP contribution in [0.4, 0.5) is 0 Å². The Hall–Kier alpha value is -0.0400. The molecule has 0 atom stereocenters. The summed E-state index contributed by atoms with van der Waals surface area (Å²) < 4.78 is 5.35. The van der Waals surface area contributed by atoms with E-state index in [4.69, 9.17) is 4.74 Å². The van der Waals surface area contributed by atoms with Gasteiger partial charge < -0.3 is 4.74 Å². The van der Waals surface area contributed by atoms with Crippen LogP contribution in [0.2, 0.25) is 0 Å². The van der Waals surface area contributed by atoms with Crippen molar-refractivity contribution in [2.75, 3.05) is 13.2 Å². The van der Waals surface area contributed by atoms with Crippen molar-refractivity contribution in [3.05, 3.63) is 0 Å². The monoisotopic (exact) mass is 186 g/mol. The molecule has 1 heteroatoms. The topological polar surface area (TPSA) is 9.23 Å². The lowest BCUT2D eigenvalue weighted by Crippen LogP contribution is -2.35. The summed E-state index contributed by atoms with van der Waals surface area (Å²) in [6.07, 6.45) is 4.18. The van der Waals surface area contributed by atoms with Crippen molar-refractivity contribution in [3.63, 3.8) is 0 Å². The van der Waals surface area contributed by atoms with E-state index in [0.717, 1.165) is 19.1 Å². The third-order valence-corrected chi connectivity index (χ3v) is 2.75. The first kappa shape index (κ1) is 13.0. The minimum absolute atomic E-state index is 0.666. The molecule has 1 saturated heterocycles. The van der Waals surface area contributed by atoms with Gasteiger partial charge in [-0.2, -0.15) is 0 Å². The maximum Gasteiger partial charge on any atom is 0.0523 e. The second kappa shape index (κ2) is 6.42. The van der Waals surface area contributed by atoms with Gasteiger partial charge in [0.15, 0.2) is 0 Å². The Morgan fingerprint density at radius 3 is 1.92 bits per heavy atom. The van der Waals surface area contributed by atoms with Gasteiger partial charge in [-0.1, -0.05) is 34.6 Å². The zero-order valence-corrected chi connectivity index (χ0v) is 10.0. The van der Waals surface area contributed by atoms with Crippen molar-refractivity contribution >= 4 is 0 Å². The summed E-state index contributed by atoms with van der Waals surface area (Å²) in [4.78, 5) is 0. The van der Waals surface area contributed by atoms with Crippen LogP contribution in [0.3, 0.4) is 0 Å². The van der Waals surface area contributed by atoms with Crippen molar-refractivity contribution in [2.45, 2.75) is 53.9 Å². The van der Waals surface area contributed by atoms with Gasteiger partial charge in [0, 0.05) is 6.61 Å². The highest BCUT2D eigenvalue weighted by atomic mass is 16.5. The number of ether oxygens (including phenoxy) is 1. The molecular formula is C12H26O. The quantitative estimate of drug-likeness (QED) is 0.558. The van der Waals surface area contributed by atoms with Gasteiger partial charge in [-0.15, -0.1) is 0 Å². The van der Waals surface area contributed by atoms with Gasteiger partial charge >= 0.3 is 0 Å². The van der Waals surface area contributed by atoms with E-state index in [2.05, 4.69) is 6.92 Å². The van der Waals surface area contributed by atoms with Crippen LogP contribution in [-0.2, 0) is 4.74 Å². The number of hydrogen-bond donors (Lipinski definition) is 0. The van der Waals surface area contributed by atoms with Gasteiger partial charge in [-0.05, 0) is 30.6 Å². The fourth-order valence-electron chi connectivity index (χ4n) is 2.39. The van der Waals surface area contributed by atoms with E-state index in [0.29, 0.717) is 5.41 Å². The Labute approximate surface area is 83.9 Å². The molecule has 2 aliphatic rings. The number of hydrogen-bond acceptors (Lipinski definition) is 1. The molecule has 1 nitrogen and oxygen atoms in total. The zero-order chi connectivity index (χ0) is 10.3. The Balaban J connectivity index is 0.000000322. The molecule has 1 aliphatic heterocycles. The van der Waals surface area contributed by atoms with Gasteiger partial charge in [0.05, 0.1) is 6.61 Å². The molecule has 0 unspecified atom stereocenters. The zero-order valence-electron chi connectivity index (χ0n) is 10.0. The first-order valence-corrected chi connectivity index (χ1v) is 5.89. The molecule has 0 radical (unpaired) electrons. The molecule has 1 heterocycles. The largest absolute Gasteiger partial charge is 0.381 e. The summed E-state index contributed by atoms with van der Waals surface area (Å²) in [6.45, 7) is 12.4. The molecule has 1 aliphatic carbocycles. The minimum atomic E-state index is 0.666. The molecule has 0 amide bonds. The second-order valence-corrected chi connectivity index (χ2v) is 3.82. The van der Waals surface area contributed by atoms with Crippen LogP contribution in [0.15, 0.2) is 0 Å². The Morgan fingerprint density at radius 2 is 1.62 bits per heavy atom. The average Bonchev–Trinajstić information content (AvgIpc) is 2.60. The van der Waals surface area contributed by atoms with Gasteiger partial charge in [-0.25, -0.2) is 0 Å². The van der Waals surface area contributed by atoms with Gasteiger partial charge in [-0.3, -0.25) is 0 Å². The van der Waals surface area contributed by atoms with Crippen molar-refractivity contribution in [3.8, 4) is 0 Å². The van der Waals surface area contributed by atoms with Crippen molar-refractivity contribution in [2.24, 2.45) is 11.3 Å². The highest BCUT2D eigenvalue weighted by Gasteiger charge is 2.44. The first-order chi connectivity index (χ1) is 6.31. The molecule has 0 aromatic rings. The molecule has 2 fully saturated rings. The molecular weight excluding hydrogens is 160 g/mol. The first-order valence-electron chi connectivity index (χ1n) is 5.89. The highest BCUT2D eigenvalue weighted by molar-refractivity contribution is 4.94. The lowest BCUT2D eigenvalue weighted by Gasteiger charge is -2.42. The van der Waals surface area contributed by atoms with Crippen LogP contribution >= 0.6 is 0 Å². The maximum absolute atomic E-state index is 5.35. The van der Waals surface area contributed by atoms with Crippen LogP contribution in [0, 0.1) is 11.3 Å². The van der Waals surface area contributed by atoms with E-state index < -0.39 is 0 Å². The number of rotatable bonds is 0. The SMILES string of the molecule is CC.CC.CC1CC2(CCOC2)C1. The standard InChI is InChI=1S/C8H14O.2C2H6/c1-7-4-8(5-7)2-3-9-6-8;2*1-2/h7H,2-6H2,1H3;2*1-2H3. The highest BCUT2D eigenvalue weighted by Crippen LogP contribution is 2.50. The summed E-state index contributed by atoms with van der Waals surface area (Å²) in [6, 6.07) is 0. The normalized spacial score (nSPS) is 35.3. The molecule has 0 N–H and O–H groups in total. The molecule has 80 valence electrons. The summed E-state index contributed by atoms with van der Waals surface area (Å²) in [5.41, 5.74) is 0.666. The maximum atomic E-state index is 5.35. The fraction of sp³-hybridized carbons (Fsp3) is 1.00. The van der Waals surface area contributed by atoms with E-state index in [1.165, 1.54) is 19.3 Å². The van der Waals surface area contributed by atoms with Gasteiger partial charge in [0.2, 0.25) is 0 Å². The predicted molar refractivity (Wildman–Crippen MR) is 59.0 cm³/mol. The third-order valence-electron chi connectivity index (χ3n) is 2.75. The van der Waals surface area contributed by atoms with Gasteiger partial charge in [0.25, 0.3) is 0 Å². The Bertz CT molecular complexity index is 106. The van der Waals surface area contributed by atoms with Crippen molar-refractivity contribution in [1.82, 2.24) is 0 Å². The van der Waals surface area contributed by atoms with E-state index >= 15 is 0 Å². The lowest BCUT2D eigenvalue weighted by molar-refractivity contribution is 0.0469. The smallest absolute Gasteiger partial charge is 0.0523 e.